The molecule has 0 bridgehead atoms. The maximum absolute atomic E-state index is 12.8. The molecule has 154 valence electrons. The lowest BCUT2D eigenvalue weighted by molar-refractivity contribution is -0.116. The standard InChI is InChI=1S/C17H12F3N7O2S/c18-17(19,20)30-12-3-1-11(2-4-12)27-14(28)9-26(16(27)29)8-10-5-6-21-7-13(10)15-22-24-25-23-15/h1-7H,8-9H2,(H,22,23,24,25). The highest BCUT2D eigenvalue weighted by atomic mass is 32.2. The zero-order valence-corrected chi connectivity index (χ0v) is 15.8. The fraction of sp³-hybridized carbons (Fsp3) is 0.176. The van der Waals surface area contributed by atoms with Crippen molar-refractivity contribution < 1.29 is 22.8 Å². The fourth-order valence-corrected chi connectivity index (χ4v) is 3.51. The first-order valence-electron chi connectivity index (χ1n) is 8.46. The van der Waals surface area contributed by atoms with E-state index in [0.717, 1.165) is 4.90 Å². The van der Waals surface area contributed by atoms with Gasteiger partial charge in [-0.15, -0.1) is 10.2 Å². The number of hydrogen-bond acceptors (Lipinski definition) is 7. The van der Waals surface area contributed by atoms with Crippen LogP contribution in [-0.4, -0.2) is 54.5 Å². The molecule has 0 unspecified atom stereocenters. The van der Waals surface area contributed by atoms with Crippen LogP contribution in [0.4, 0.5) is 23.7 Å². The summed E-state index contributed by atoms with van der Waals surface area (Å²) >= 11 is -0.268. The largest absolute Gasteiger partial charge is 0.446 e. The Morgan fingerprint density at radius 1 is 1.13 bits per heavy atom. The molecule has 1 fully saturated rings. The van der Waals surface area contributed by atoms with Crippen LogP contribution in [0.2, 0.25) is 0 Å². The highest BCUT2D eigenvalue weighted by Gasteiger charge is 2.37. The lowest BCUT2D eigenvalue weighted by atomic mass is 10.1. The fourth-order valence-electron chi connectivity index (χ4n) is 2.97. The molecule has 1 saturated heterocycles. The molecule has 1 aromatic carbocycles. The number of anilines is 1. The van der Waals surface area contributed by atoms with Crippen LogP contribution in [0, 0.1) is 0 Å². The van der Waals surface area contributed by atoms with E-state index in [1.54, 1.807) is 6.07 Å². The predicted molar refractivity (Wildman–Crippen MR) is 99.1 cm³/mol. The molecule has 0 spiro atoms. The van der Waals surface area contributed by atoms with Gasteiger partial charge in [0.1, 0.15) is 6.54 Å². The number of pyridine rings is 1. The topological polar surface area (TPSA) is 108 Å². The Kier molecular flexibility index (Phi) is 5.11. The average molecular weight is 435 g/mol. The SMILES string of the molecule is O=C1CN(Cc2ccncc2-c2nn[nH]n2)C(=O)N1c1ccc(SC(F)(F)F)cc1. The van der Waals surface area contributed by atoms with Crippen LogP contribution in [-0.2, 0) is 11.3 Å². The molecule has 13 heteroatoms. The predicted octanol–water partition coefficient (Wildman–Crippen LogP) is 2.84. The van der Waals surface area contributed by atoms with Crippen molar-refractivity contribution in [1.29, 1.82) is 0 Å². The summed E-state index contributed by atoms with van der Waals surface area (Å²) in [7, 11) is 0. The number of halogens is 3. The van der Waals surface area contributed by atoms with Gasteiger partial charge < -0.3 is 4.90 Å². The first-order valence-corrected chi connectivity index (χ1v) is 9.28. The van der Waals surface area contributed by atoms with Crippen molar-refractivity contribution in [2.45, 2.75) is 16.9 Å². The van der Waals surface area contributed by atoms with Crippen molar-refractivity contribution in [2.75, 3.05) is 11.4 Å². The first-order chi connectivity index (χ1) is 14.3. The van der Waals surface area contributed by atoms with Crippen LogP contribution in [0.25, 0.3) is 11.4 Å². The molecule has 2 aromatic heterocycles. The zero-order valence-electron chi connectivity index (χ0n) is 15.0. The van der Waals surface area contributed by atoms with Gasteiger partial charge in [0.15, 0.2) is 0 Å². The normalized spacial score (nSPS) is 14.6. The van der Waals surface area contributed by atoms with Gasteiger partial charge in [-0.1, -0.05) is 0 Å². The number of carbonyl (C=O) groups excluding carboxylic acids is 2. The maximum atomic E-state index is 12.8. The molecule has 0 aliphatic carbocycles. The lowest BCUT2D eigenvalue weighted by Crippen LogP contribution is -2.32. The number of amides is 3. The number of rotatable bonds is 5. The number of nitrogens with zero attached hydrogens (tertiary/aromatic N) is 6. The van der Waals surface area contributed by atoms with Crippen LogP contribution in [0.1, 0.15) is 5.56 Å². The second-order valence-electron chi connectivity index (χ2n) is 6.18. The Labute approximate surface area is 171 Å². The number of benzene rings is 1. The van der Waals surface area contributed by atoms with E-state index in [9.17, 15) is 22.8 Å². The molecule has 1 aliphatic rings. The molecule has 3 amide bonds. The molecule has 0 radical (unpaired) electrons. The number of tetrazole rings is 1. The summed E-state index contributed by atoms with van der Waals surface area (Å²) in [6.45, 7) is -0.0820. The monoisotopic (exact) mass is 435 g/mol. The Balaban J connectivity index is 1.53. The van der Waals surface area contributed by atoms with E-state index in [1.807, 2.05) is 0 Å². The second-order valence-corrected chi connectivity index (χ2v) is 7.32. The van der Waals surface area contributed by atoms with Gasteiger partial charge in [0.2, 0.25) is 5.82 Å². The van der Waals surface area contributed by atoms with Crippen molar-refractivity contribution in [2.24, 2.45) is 0 Å². The molecule has 0 saturated carbocycles. The van der Waals surface area contributed by atoms with Gasteiger partial charge in [-0.05, 0) is 52.9 Å². The molecule has 1 aliphatic heterocycles. The third-order valence-corrected chi connectivity index (χ3v) is 4.96. The van der Waals surface area contributed by atoms with E-state index in [0.29, 0.717) is 17.0 Å². The van der Waals surface area contributed by atoms with Crippen molar-refractivity contribution in [3.05, 3.63) is 48.3 Å². The minimum atomic E-state index is -4.42. The number of aromatic nitrogens is 5. The number of alkyl halides is 3. The van der Waals surface area contributed by atoms with Crippen LogP contribution < -0.4 is 4.90 Å². The van der Waals surface area contributed by atoms with Gasteiger partial charge in [0.25, 0.3) is 5.91 Å². The summed E-state index contributed by atoms with van der Waals surface area (Å²) in [6, 6.07) is 6.15. The minimum absolute atomic E-state index is 0.0382. The van der Waals surface area contributed by atoms with Gasteiger partial charge >= 0.3 is 11.5 Å². The third-order valence-electron chi connectivity index (χ3n) is 4.22. The Bertz CT molecular complexity index is 1070. The Morgan fingerprint density at radius 3 is 2.57 bits per heavy atom. The van der Waals surface area contributed by atoms with Gasteiger partial charge in [-0.2, -0.15) is 18.4 Å². The maximum Gasteiger partial charge on any atom is 0.446 e. The molecular formula is C17H12F3N7O2S. The van der Waals surface area contributed by atoms with E-state index in [1.165, 1.54) is 41.6 Å². The van der Waals surface area contributed by atoms with Crippen molar-refractivity contribution >= 4 is 29.4 Å². The molecule has 1 N–H and O–H groups in total. The van der Waals surface area contributed by atoms with Crippen LogP contribution in [0.5, 0.6) is 0 Å². The molecule has 3 heterocycles. The van der Waals surface area contributed by atoms with Crippen molar-refractivity contribution in [1.82, 2.24) is 30.5 Å². The number of nitrogens with one attached hydrogen (secondary N) is 1. The summed E-state index contributed by atoms with van der Waals surface area (Å²) in [6.07, 6.45) is 3.06. The van der Waals surface area contributed by atoms with Crippen LogP contribution in [0.15, 0.2) is 47.6 Å². The molecule has 0 atom stereocenters. The minimum Gasteiger partial charge on any atom is -0.310 e. The number of thioether (sulfide) groups is 1. The average Bonchev–Trinajstić information content (AvgIpc) is 3.31. The second kappa shape index (κ2) is 7.74. The summed E-state index contributed by atoms with van der Waals surface area (Å²) in [5.41, 5.74) is -3.00. The number of carbonyl (C=O) groups is 2. The third kappa shape index (κ3) is 4.10. The van der Waals surface area contributed by atoms with E-state index < -0.39 is 17.4 Å². The Morgan fingerprint density at radius 2 is 1.90 bits per heavy atom. The summed E-state index contributed by atoms with van der Waals surface area (Å²) in [5.74, 6) is -0.183. The van der Waals surface area contributed by atoms with Crippen LogP contribution >= 0.6 is 11.8 Å². The molecule has 4 rings (SSSR count). The highest BCUT2D eigenvalue weighted by Crippen LogP contribution is 2.37. The smallest absolute Gasteiger partial charge is 0.310 e. The first kappa shape index (κ1) is 19.8. The number of hydrogen-bond donors (Lipinski definition) is 1. The molecule has 3 aromatic rings. The zero-order chi connectivity index (χ0) is 21.3. The number of aromatic amines is 1. The van der Waals surface area contributed by atoms with Crippen LogP contribution in [0.3, 0.4) is 0 Å². The van der Waals surface area contributed by atoms with E-state index in [2.05, 4.69) is 25.6 Å². The summed E-state index contributed by atoms with van der Waals surface area (Å²) in [5, 5.41) is 13.6. The highest BCUT2D eigenvalue weighted by molar-refractivity contribution is 8.00. The summed E-state index contributed by atoms with van der Waals surface area (Å²) < 4.78 is 37.4. The number of H-pyrrole nitrogens is 1. The van der Waals surface area contributed by atoms with Gasteiger partial charge in [-0.25, -0.2) is 9.69 Å². The van der Waals surface area contributed by atoms with E-state index in [4.69, 9.17) is 0 Å². The van der Waals surface area contributed by atoms with Gasteiger partial charge in [0, 0.05) is 29.4 Å². The number of imide groups is 1. The summed E-state index contributed by atoms with van der Waals surface area (Å²) in [4.78, 5) is 31.5. The molecule has 30 heavy (non-hydrogen) atoms. The molecular weight excluding hydrogens is 423 g/mol. The van der Waals surface area contributed by atoms with Crippen molar-refractivity contribution in [3.63, 3.8) is 0 Å². The lowest BCUT2D eigenvalue weighted by Gasteiger charge is -2.18. The van der Waals surface area contributed by atoms with E-state index in [-0.39, 0.29) is 35.4 Å². The number of urea groups is 1. The van der Waals surface area contributed by atoms with E-state index >= 15 is 0 Å². The van der Waals surface area contributed by atoms with Gasteiger partial charge in [0.05, 0.1) is 5.69 Å². The van der Waals surface area contributed by atoms with Gasteiger partial charge in [-0.3, -0.25) is 9.78 Å². The Hall–Kier alpha value is -3.48. The molecule has 9 nitrogen and oxygen atoms in total. The quantitative estimate of drug-likeness (QED) is 0.485. The van der Waals surface area contributed by atoms with Crippen molar-refractivity contribution in [3.8, 4) is 11.4 Å².